The summed E-state index contributed by atoms with van der Waals surface area (Å²) in [6.07, 6.45) is 0. The second kappa shape index (κ2) is 6.28. The lowest BCUT2D eigenvalue weighted by Crippen LogP contribution is -2.27. The van der Waals surface area contributed by atoms with Crippen LogP contribution in [0.4, 0.5) is 0 Å². The number of aryl methyl sites for hydroxylation is 1. The minimum atomic E-state index is -0.169. The number of carbonyl (C=O) groups is 1. The van der Waals surface area contributed by atoms with E-state index in [9.17, 15) is 4.79 Å². The zero-order chi connectivity index (χ0) is 12.0. The Morgan fingerprint density at radius 3 is 2.75 bits per heavy atom. The Balaban J connectivity index is 2.36. The SMILES string of the molecule is COC(=O)C(C)CNCc1ccccc1C. The normalized spacial score (nSPS) is 12.2. The van der Waals surface area contributed by atoms with Crippen molar-refractivity contribution in [2.45, 2.75) is 20.4 Å². The highest BCUT2D eigenvalue weighted by Gasteiger charge is 2.11. The highest BCUT2D eigenvalue weighted by Crippen LogP contribution is 2.06. The molecule has 1 N–H and O–H groups in total. The van der Waals surface area contributed by atoms with Crippen molar-refractivity contribution >= 4 is 5.97 Å². The Morgan fingerprint density at radius 2 is 2.12 bits per heavy atom. The van der Waals surface area contributed by atoms with Gasteiger partial charge in [0.25, 0.3) is 0 Å². The lowest BCUT2D eigenvalue weighted by Gasteiger charge is -2.11. The van der Waals surface area contributed by atoms with Crippen molar-refractivity contribution in [3.8, 4) is 0 Å². The van der Waals surface area contributed by atoms with Gasteiger partial charge < -0.3 is 10.1 Å². The third-order valence-corrected chi connectivity index (χ3v) is 2.63. The van der Waals surface area contributed by atoms with Gasteiger partial charge in [0.2, 0.25) is 0 Å². The van der Waals surface area contributed by atoms with Gasteiger partial charge in [-0.15, -0.1) is 0 Å². The summed E-state index contributed by atoms with van der Waals surface area (Å²) in [6, 6.07) is 8.22. The van der Waals surface area contributed by atoms with Gasteiger partial charge in [0, 0.05) is 13.1 Å². The summed E-state index contributed by atoms with van der Waals surface area (Å²) < 4.78 is 4.66. The number of hydrogen-bond acceptors (Lipinski definition) is 3. The number of benzene rings is 1. The van der Waals surface area contributed by atoms with E-state index in [0.717, 1.165) is 6.54 Å². The molecule has 0 spiro atoms. The van der Waals surface area contributed by atoms with Crippen LogP contribution in [-0.2, 0) is 16.1 Å². The molecule has 0 heterocycles. The molecule has 3 nitrogen and oxygen atoms in total. The molecule has 0 saturated heterocycles. The Morgan fingerprint density at radius 1 is 1.44 bits per heavy atom. The maximum absolute atomic E-state index is 11.2. The molecule has 0 radical (unpaired) electrons. The average molecular weight is 221 g/mol. The van der Waals surface area contributed by atoms with Crippen LogP contribution in [0.3, 0.4) is 0 Å². The molecule has 88 valence electrons. The first kappa shape index (κ1) is 12.7. The van der Waals surface area contributed by atoms with Gasteiger partial charge in [0.15, 0.2) is 0 Å². The first-order valence-electron chi connectivity index (χ1n) is 5.48. The molecule has 0 aliphatic rings. The van der Waals surface area contributed by atoms with Crippen LogP contribution in [0.5, 0.6) is 0 Å². The zero-order valence-electron chi connectivity index (χ0n) is 10.1. The zero-order valence-corrected chi connectivity index (χ0v) is 10.1. The Bertz CT molecular complexity index is 350. The van der Waals surface area contributed by atoms with Crippen LogP contribution in [0, 0.1) is 12.8 Å². The van der Waals surface area contributed by atoms with E-state index in [0.29, 0.717) is 6.54 Å². The van der Waals surface area contributed by atoms with E-state index in [-0.39, 0.29) is 11.9 Å². The summed E-state index contributed by atoms with van der Waals surface area (Å²) in [5.74, 6) is -0.272. The first-order valence-corrected chi connectivity index (χ1v) is 5.48. The molecule has 1 unspecified atom stereocenters. The lowest BCUT2D eigenvalue weighted by molar-refractivity contribution is -0.144. The van der Waals surface area contributed by atoms with Crippen LogP contribution >= 0.6 is 0 Å². The number of rotatable bonds is 5. The second-order valence-corrected chi connectivity index (χ2v) is 3.98. The number of ether oxygens (including phenoxy) is 1. The number of methoxy groups -OCH3 is 1. The van der Waals surface area contributed by atoms with Gasteiger partial charge in [-0.2, -0.15) is 0 Å². The minimum absolute atomic E-state index is 0.103. The summed E-state index contributed by atoms with van der Waals surface area (Å²) in [6.45, 7) is 5.37. The van der Waals surface area contributed by atoms with Crippen LogP contribution in [0.1, 0.15) is 18.1 Å². The lowest BCUT2D eigenvalue weighted by atomic mass is 10.1. The van der Waals surface area contributed by atoms with E-state index >= 15 is 0 Å². The van der Waals surface area contributed by atoms with Crippen molar-refractivity contribution in [2.75, 3.05) is 13.7 Å². The van der Waals surface area contributed by atoms with Crippen molar-refractivity contribution in [3.63, 3.8) is 0 Å². The molecule has 1 atom stereocenters. The number of esters is 1. The van der Waals surface area contributed by atoms with E-state index in [1.807, 2.05) is 19.1 Å². The first-order chi connectivity index (χ1) is 7.65. The van der Waals surface area contributed by atoms with Crippen LogP contribution in [0.25, 0.3) is 0 Å². The number of nitrogens with one attached hydrogen (secondary N) is 1. The van der Waals surface area contributed by atoms with Crippen LogP contribution < -0.4 is 5.32 Å². The highest BCUT2D eigenvalue weighted by atomic mass is 16.5. The van der Waals surface area contributed by atoms with Gasteiger partial charge >= 0.3 is 5.97 Å². The fourth-order valence-electron chi connectivity index (χ4n) is 1.52. The van der Waals surface area contributed by atoms with E-state index in [1.165, 1.54) is 18.2 Å². The predicted octanol–water partition coefficient (Wildman–Crippen LogP) is 1.89. The summed E-state index contributed by atoms with van der Waals surface area (Å²) in [7, 11) is 1.42. The standard InChI is InChI=1S/C13H19NO2/c1-10-6-4-5-7-12(10)9-14-8-11(2)13(15)16-3/h4-7,11,14H,8-9H2,1-3H3. The van der Waals surface area contributed by atoms with Crippen molar-refractivity contribution in [3.05, 3.63) is 35.4 Å². The molecule has 1 aromatic carbocycles. The van der Waals surface area contributed by atoms with E-state index in [1.54, 1.807) is 0 Å². The van der Waals surface area contributed by atoms with Gasteiger partial charge in [0.05, 0.1) is 13.0 Å². The highest BCUT2D eigenvalue weighted by molar-refractivity contribution is 5.72. The van der Waals surface area contributed by atoms with Crippen molar-refractivity contribution in [2.24, 2.45) is 5.92 Å². The van der Waals surface area contributed by atoms with Gasteiger partial charge in [-0.3, -0.25) is 4.79 Å². The molecule has 0 aliphatic carbocycles. The smallest absolute Gasteiger partial charge is 0.309 e. The van der Waals surface area contributed by atoms with E-state index in [2.05, 4.69) is 29.1 Å². The topological polar surface area (TPSA) is 38.3 Å². The molecular weight excluding hydrogens is 202 g/mol. The molecule has 1 rings (SSSR count). The second-order valence-electron chi connectivity index (χ2n) is 3.98. The molecule has 0 aliphatic heterocycles. The maximum Gasteiger partial charge on any atom is 0.309 e. The molecule has 0 saturated carbocycles. The number of carbonyl (C=O) groups excluding carboxylic acids is 1. The summed E-state index contributed by atoms with van der Waals surface area (Å²) >= 11 is 0. The Labute approximate surface area is 96.8 Å². The monoisotopic (exact) mass is 221 g/mol. The molecule has 3 heteroatoms. The summed E-state index contributed by atoms with van der Waals surface area (Å²) in [5, 5.41) is 3.26. The summed E-state index contributed by atoms with van der Waals surface area (Å²) in [5.41, 5.74) is 2.53. The summed E-state index contributed by atoms with van der Waals surface area (Å²) in [4.78, 5) is 11.2. The van der Waals surface area contributed by atoms with Crippen LogP contribution in [-0.4, -0.2) is 19.6 Å². The molecule has 16 heavy (non-hydrogen) atoms. The predicted molar refractivity (Wildman–Crippen MR) is 64.1 cm³/mol. The third kappa shape index (κ3) is 3.66. The molecule has 0 fully saturated rings. The molecule has 0 amide bonds. The fourth-order valence-corrected chi connectivity index (χ4v) is 1.52. The largest absolute Gasteiger partial charge is 0.469 e. The van der Waals surface area contributed by atoms with Gasteiger partial charge in [-0.05, 0) is 18.1 Å². The minimum Gasteiger partial charge on any atom is -0.469 e. The molecular formula is C13H19NO2. The third-order valence-electron chi connectivity index (χ3n) is 2.63. The van der Waals surface area contributed by atoms with E-state index in [4.69, 9.17) is 0 Å². The van der Waals surface area contributed by atoms with Gasteiger partial charge in [-0.25, -0.2) is 0 Å². The Hall–Kier alpha value is -1.35. The fraction of sp³-hybridized carbons (Fsp3) is 0.462. The van der Waals surface area contributed by atoms with Gasteiger partial charge in [-0.1, -0.05) is 31.2 Å². The molecule has 0 aromatic heterocycles. The van der Waals surface area contributed by atoms with Crippen molar-refractivity contribution < 1.29 is 9.53 Å². The van der Waals surface area contributed by atoms with E-state index < -0.39 is 0 Å². The maximum atomic E-state index is 11.2. The average Bonchev–Trinajstić information content (AvgIpc) is 2.30. The molecule has 0 bridgehead atoms. The van der Waals surface area contributed by atoms with Gasteiger partial charge in [0.1, 0.15) is 0 Å². The molecule has 1 aromatic rings. The van der Waals surface area contributed by atoms with Crippen molar-refractivity contribution in [1.82, 2.24) is 5.32 Å². The van der Waals surface area contributed by atoms with Crippen molar-refractivity contribution in [1.29, 1.82) is 0 Å². The number of hydrogen-bond donors (Lipinski definition) is 1. The Kier molecular flexibility index (Phi) is 4.99. The quantitative estimate of drug-likeness (QED) is 0.772. The van der Waals surface area contributed by atoms with Crippen LogP contribution in [0.15, 0.2) is 24.3 Å². The van der Waals surface area contributed by atoms with Crippen LogP contribution in [0.2, 0.25) is 0 Å².